The Balaban J connectivity index is 1.23. The second kappa shape index (κ2) is 7.85. The lowest BCUT2D eigenvalue weighted by atomic mass is 9.95. The summed E-state index contributed by atoms with van der Waals surface area (Å²) in [6.45, 7) is 4.83. The molecule has 0 unspecified atom stereocenters. The van der Waals surface area contributed by atoms with Gasteiger partial charge in [-0.25, -0.2) is 0 Å². The normalized spacial score (nSPS) is 17.6. The van der Waals surface area contributed by atoms with Gasteiger partial charge in [-0.05, 0) is 61.5 Å². The topological polar surface area (TPSA) is 43.2 Å². The van der Waals surface area contributed by atoms with Crippen LogP contribution in [0, 0.1) is 0 Å². The molecule has 4 heterocycles. The number of aromatic nitrogens is 3. The van der Waals surface area contributed by atoms with Gasteiger partial charge < -0.3 is 14.2 Å². The Labute approximate surface area is 173 Å². The first kappa shape index (κ1) is 18.2. The van der Waals surface area contributed by atoms with Crippen molar-refractivity contribution in [3.05, 3.63) is 52.1 Å². The molecular formula is C21H23ClN4OS. The average molecular weight is 415 g/mol. The Bertz CT molecular complexity index is 944. The summed E-state index contributed by atoms with van der Waals surface area (Å²) in [5.74, 6) is 3.54. The minimum atomic E-state index is 0.481. The molecule has 0 N–H and O–H groups in total. The molecule has 0 spiro atoms. The molecule has 3 aromatic rings. The van der Waals surface area contributed by atoms with E-state index in [1.165, 1.54) is 5.56 Å². The van der Waals surface area contributed by atoms with Crippen LogP contribution in [0.3, 0.4) is 0 Å². The molecule has 0 atom stereocenters. The fourth-order valence-corrected chi connectivity index (χ4v) is 5.13. The van der Waals surface area contributed by atoms with Crippen LogP contribution in [0.15, 0.2) is 35.7 Å². The van der Waals surface area contributed by atoms with Crippen molar-refractivity contribution >= 4 is 22.9 Å². The Kier molecular flexibility index (Phi) is 5.09. The third-order valence-corrected chi connectivity index (χ3v) is 6.91. The van der Waals surface area contributed by atoms with Gasteiger partial charge in [-0.2, -0.15) is 0 Å². The number of nitrogens with zero attached hydrogens (tertiary/aromatic N) is 4. The minimum absolute atomic E-state index is 0.481. The van der Waals surface area contributed by atoms with Crippen molar-refractivity contribution in [1.29, 1.82) is 0 Å². The summed E-state index contributed by atoms with van der Waals surface area (Å²) in [5, 5.41) is 12.0. The highest BCUT2D eigenvalue weighted by Crippen LogP contribution is 2.38. The van der Waals surface area contributed by atoms with Crippen LogP contribution in [0.5, 0.6) is 5.75 Å². The van der Waals surface area contributed by atoms with E-state index in [9.17, 15) is 0 Å². The molecule has 0 saturated carbocycles. The predicted octanol–water partition coefficient (Wildman–Crippen LogP) is 4.47. The van der Waals surface area contributed by atoms with Crippen LogP contribution in [0.2, 0.25) is 5.02 Å². The first-order valence-electron chi connectivity index (χ1n) is 9.88. The van der Waals surface area contributed by atoms with E-state index in [1.54, 1.807) is 11.3 Å². The zero-order chi connectivity index (χ0) is 18.9. The molecule has 0 aliphatic carbocycles. The van der Waals surface area contributed by atoms with E-state index in [-0.39, 0.29) is 0 Å². The van der Waals surface area contributed by atoms with Crippen LogP contribution in [-0.2, 0) is 13.0 Å². The number of thiophene rings is 1. The summed E-state index contributed by atoms with van der Waals surface area (Å²) in [4.78, 5) is 3.67. The fraction of sp³-hybridized carbons (Fsp3) is 0.429. The van der Waals surface area contributed by atoms with Gasteiger partial charge in [0, 0.05) is 17.5 Å². The molecule has 2 aromatic heterocycles. The first-order valence-corrected chi connectivity index (χ1v) is 11.1. The zero-order valence-electron chi connectivity index (χ0n) is 15.7. The van der Waals surface area contributed by atoms with Crippen molar-refractivity contribution in [3.63, 3.8) is 0 Å². The molecule has 2 aliphatic heterocycles. The van der Waals surface area contributed by atoms with Gasteiger partial charge in [0.2, 0.25) is 0 Å². The van der Waals surface area contributed by atoms with Gasteiger partial charge in [-0.15, -0.1) is 21.5 Å². The third-order valence-electron chi connectivity index (χ3n) is 5.77. The summed E-state index contributed by atoms with van der Waals surface area (Å²) in [6.07, 6.45) is 3.34. The predicted molar refractivity (Wildman–Crippen MR) is 112 cm³/mol. The van der Waals surface area contributed by atoms with Crippen molar-refractivity contribution in [1.82, 2.24) is 19.7 Å². The number of piperidine rings is 1. The second-order valence-corrected chi connectivity index (χ2v) is 8.84. The van der Waals surface area contributed by atoms with Crippen molar-refractivity contribution < 1.29 is 4.74 Å². The average Bonchev–Trinajstić information content (AvgIpc) is 3.32. The summed E-state index contributed by atoms with van der Waals surface area (Å²) in [5.41, 5.74) is 1.35. The minimum Gasteiger partial charge on any atom is -0.490 e. The Morgan fingerprint density at radius 2 is 1.89 bits per heavy atom. The number of ether oxygens (including phenoxy) is 1. The highest BCUT2D eigenvalue weighted by atomic mass is 35.5. The molecule has 146 valence electrons. The maximum absolute atomic E-state index is 5.98. The van der Waals surface area contributed by atoms with E-state index >= 15 is 0 Å². The molecular weight excluding hydrogens is 392 g/mol. The van der Waals surface area contributed by atoms with Gasteiger partial charge in [0.1, 0.15) is 23.1 Å². The van der Waals surface area contributed by atoms with Gasteiger partial charge in [0.25, 0.3) is 0 Å². The SMILES string of the molecule is Clc1ccc(CCN2CCC(c3nnc4n3CCOc3ccsc3-4)CC2)cc1. The Hall–Kier alpha value is -1.89. The molecule has 1 fully saturated rings. The highest BCUT2D eigenvalue weighted by Gasteiger charge is 2.28. The number of halogens is 1. The number of hydrogen-bond acceptors (Lipinski definition) is 5. The van der Waals surface area contributed by atoms with Crippen LogP contribution in [0.1, 0.15) is 30.1 Å². The van der Waals surface area contributed by atoms with E-state index in [4.69, 9.17) is 16.3 Å². The smallest absolute Gasteiger partial charge is 0.178 e. The highest BCUT2D eigenvalue weighted by molar-refractivity contribution is 7.13. The van der Waals surface area contributed by atoms with E-state index < -0.39 is 0 Å². The third kappa shape index (κ3) is 3.56. The van der Waals surface area contributed by atoms with Gasteiger partial charge in [0.05, 0.1) is 6.54 Å². The van der Waals surface area contributed by atoms with Crippen LogP contribution >= 0.6 is 22.9 Å². The lowest BCUT2D eigenvalue weighted by Crippen LogP contribution is -2.35. The number of benzene rings is 1. The van der Waals surface area contributed by atoms with Gasteiger partial charge in [0.15, 0.2) is 5.82 Å². The molecule has 7 heteroatoms. The van der Waals surface area contributed by atoms with E-state index in [1.807, 2.05) is 18.2 Å². The number of rotatable bonds is 4. The number of hydrogen-bond donors (Lipinski definition) is 0. The molecule has 1 aromatic carbocycles. The quantitative estimate of drug-likeness (QED) is 0.631. The van der Waals surface area contributed by atoms with Gasteiger partial charge >= 0.3 is 0 Å². The first-order chi connectivity index (χ1) is 13.8. The lowest BCUT2D eigenvalue weighted by Gasteiger charge is -2.31. The van der Waals surface area contributed by atoms with E-state index in [2.05, 4.69) is 37.2 Å². The monoisotopic (exact) mass is 414 g/mol. The molecule has 0 bridgehead atoms. The van der Waals surface area contributed by atoms with Gasteiger partial charge in [-0.1, -0.05) is 23.7 Å². The van der Waals surface area contributed by atoms with Crippen LogP contribution < -0.4 is 4.74 Å². The molecule has 5 rings (SSSR count). The summed E-state index contributed by atoms with van der Waals surface area (Å²) in [7, 11) is 0. The molecule has 1 saturated heterocycles. The van der Waals surface area contributed by atoms with Crippen LogP contribution in [-0.4, -0.2) is 45.9 Å². The largest absolute Gasteiger partial charge is 0.490 e. The van der Waals surface area contributed by atoms with Crippen molar-refractivity contribution in [3.8, 4) is 16.5 Å². The lowest BCUT2D eigenvalue weighted by molar-refractivity contribution is 0.208. The van der Waals surface area contributed by atoms with E-state index in [0.29, 0.717) is 12.5 Å². The fourth-order valence-electron chi connectivity index (χ4n) is 4.18. The Morgan fingerprint density at radius 3 is 2.71 bits per heavy atom. The summed E-state index contributed by atoms with van der Waals surface area (Å²) >= 11 is 7.66. The molecule has 0 amide bonds. The molecule has 5 nitrogen and oxygen atoms in total. The maximum Gasteiger partial charge on any atom is 0.178 e. The number of likely N-dealkylation sites (tertiary alicyclic amines) is 1. The summed E-state index contributed by atoms with van der Waals surface area (Å²) in [6, 6.07) is 10.2. The van der Waals surface area contributed by atoms with E-state index in [0.717, 1.165) is 72.7 Å². The second-order valence-electron chi connectivity index (χ2n) is 7.49. The molecule has 2 aliphatic rings. The maximum atomic E-state index is 5.98. The number of fused-ring (bicyclic) bond motifs is 3. The van der Waals surface area contributed by atoms with Crippen molar-refractivity contribution in [2.45, 2.75) is 31.7 Å². The van der Waals surface area contributed by atoms with Crippen molar-refractivity contribution in [2.75, 3.05) is 26.2 Å². The zero-order valence-corrected chi connectivity index (χ0v) is 17.3. The standard InChI is InChI=1S/C21H23ClN4OS/c22-17-3-1-15(2-4-17)5-9-25-10-6-16(7-11-25)20-23-24-21-19-18(8-14-28-19)27-13-12-26(20)21/h1-4,8,14,16H,5-7,9-13H2. The summed E-state index contributed by atoms with van der Waals surface area (Å²) < 4.78 is 8.16. The Morgan fingerprint density at radius 1 is 1.07 bits per heavy atom. The molecule has 0 radical (unpaired) electrons. The molecule has 28 heavy (non-hydrogen) atoms. The van der Waals surface area contributed by atoms with Gasteiger partial charge in [-0.3, -0.25) is 0 Å². The van der Waals surface area contributed by atoms with Crippen molar-refractivity contribution in [2.24, 2.45) is 0 Å². The van der Waals surface area contributed by atoms with Crippen LogP contribution in [0.25, 0.3) is 10.7 Å². The van der Waals surface area contributed by atoms with Crippen LogP contribution in [0.4, 0.5) is 0 Å².